The van der Waals surface area contributed by atoms with Crippen molar-refractivity contribution in [2.45, 2.75) is 45.9 Å². The fourth-order valence-electron chi connectivity index (χ4n) is 3.41. The second-order valence-corrected chi connectivity index (χ2v) is 7.29. The zero-order chi connectivity index (χ0) is 16.9. The number of aryl methyl sites for hydroxylation is 2. The molecule has 3 rings (SSSR count). The van der Waals surface area contributed by atoms with E-state index in [2.05, 4.69) is 53.4 Å². The summed E-state index contributed by atoms with van der Waals surface area (Å²) >= 11 is 0. The summed E-state index contributed by atoms with van der Waals surface area (Å²) in [6, 6.07) is 4.37. The number of nitrogens with zero attached hydrogens (tertiary/aromatic N) is 3. The lowest BCUT2D eigenvalue weighted by atomic mass is 9.97. The van der Waals surface area contributed by atoms with Crippen LogP contribution >= 0.6 is 0 Å². The molecule has 0 bridgehead atoms. The van der Waals surface area contributed by atoms with Crippen molar-refractivity contribution in [2.75, 3.05) is 13.2 Å². The number of hydrogen-bond donors (Lipinski definition) is 1. The molecule has 132 valence electrons. The Labute approximate surface area is 145 Å². The zero-order valence-electron chi connectivity index (χ0n) is 15.1. The minimum atomic E-state index is 0.180. The molecule has 2 atom stereocenters. The number of ether oxygens (including phenoxy) is 1. The van der Waals surface area contributed by atoms with Crippen molar-refractivity contribution < 1.29 is 4.74 Å². The van der Waals surface area contributed by atoms with Crippen molar-refractivity contribution >= 4 is 0 Å². The van der Waals surface area contributed by atoms with E-state index in [0.717, 1.165) is 38.6 Å². The Morgan fingerprint density at radius 2 is 2.29 bits per heavy atom. The predicted octanol–water partition coefficient (Wildman–Crippen LogP) is 3.14. The van der Waals surface area contributed by atoms with Gasteiger partial charge in [-0.3, -0.25) is 4.68 Å². The van der Waals surface area contributed by atoms with E-state index in [1.807, 2.05) is 17.9 Å². The SMILES string of the molecule is CC(C)CCn1cccc1CNC[C@H]1CCO[C@H]1c1cnn(C)c1. The van der Waals surface area contributed by atoms with Gasteiger partial charge in [0.2, 0.25) is 0 Å². The Bertz CT molecular complexity index is 631. The van der Waals surface area contributed by atoms with E-state index in [4.69, 9.17) is 4.74 Å². The van der Waals surface area contributed by atoms with Gasteiger partial charge in [0.25, 0.3) is 0 Å². The van der Waals surface area contributed by atoms with E-state index in [0.29, 0.717) is 5.92 Å². The van der Waals surface area contributed by atoms with Gasteiger partial charge in [-0.1, -0.05) is 13.8 Å². The zero-order valence-corrected chi connectivity index (χ0v) is 15.1. The molecule has 3 heterocycles. The Hall–Kier alpha value is -1.59. The van der Waals surface area contributed by atoms with Crippen LogP contribution < -0.4 is 5.32 Å². The fraction of sp³-hybridized carbons (Fsp3) is 0.632. The van der Waals surface area contributed by atoms with Crippen LogP contribution in [0.1, 0.15) is 44.1 Å². The van der Waals surface area contributed by atoms with Gasteiger partial charge >= 0.3 is 0 Å². The first-order valence-electron chi connectivity index (χ1n) is 9.08. The molecule has 0 unspecified atom stereocenters. The van der Waals surface area contributed by atoms with Gasteiger partial charge in [0.15, 0.2) is 0 Å². The average molecular weight is 330 g/mol. The van der Waals surface area contributed by atoms with Crippen molar-refractivity contribution in [3.05, 3.63) is 42.0 Å². The molecule has 1 saturated heterocycles. The molecule has 0 aliphatic carbocycles. The van der Waals surface area contributed by atoms with Gasteiger partial charge in [0.05, 0.1) is 12.3 Å². The van der Waals surface area contributed by atoms with Gasteiger partial charge in [0, 0.05) is 62.9 Å². The predicted molar refractivity (Wildman–Crippen MR) is 95.6 cm³/mol. The minimum Gasteiger partial charge on any atom is -0.373 e. The standard InChI is InChI=1S/C19H30N4O/c1-15(2)6-9-23-8-4-5-18(23)13-20-11-16-7-10-24-19(16)17-12-21-22(3)14-17/h4-5,8,12,14-16,19-20H,6-7,9-11,13H2,1-3H3/t16-,19-/m1/s1. The third kappa shape index (κ3) is 4.28. The minimum absolute atomic E-state index is 0.180. The van der Waals surface area contributed by atoms with Crippen molar-refractivity contribution in [3.8, 4) is 0 Å². The highest BCUT2D eigenvalue weighted by Crippen LogP contribution is 2.33. The fourth-order valence-corrected chi connectivity index (χ4v) is 3.41. The van der Waals surface area contributed by atoms with E-state index in [1.165, 1.54) is 17.7 Å². The highest BCUT2D eigenvalue weighted by atomic mass is 16.5. The van der Waals surface area contributed by atoms with Crippen LogP contribution in [-0.2, 0) is 24.9 Å². The van der Waals surface area contributed by atoms with Crippen LogP contribution in [0, 0.1) is 11.8 Å². The molecule has 0 amide bonds. The van der Waals surface area contributed by atoms with Crippen LogP contribution in [0.25, 0.3) is 0 Å². The summed E-state index contributed by atoms with van der Waals surface area (Å²) in [5, 5.41) is 7.91. The Balaban J connectivity index is 1.50. The molecular weight excluding hydrogens is 300 g/mol. The maximum atomic E-state index is 5.94. The molecular formula is C19H30N4O. The first kappa shape index (κ1) is 17.2. The summed E-state index contributed by atoms with van der Waals surface area (Å²) in [6.45, 7) is 8.40. The first-order valence-corrected chi connectivity index (χ1v) is 9.08. The summed E-state index contributed by atoms with van der Waals surface area (Å²) < 4.78 is 10.2. The summed E-state index contributed by atoms with van der Waals surface area (Å²) in [5.41, 5.74) is 2.56. The molecule has 0 aromatic carbocycles. The van der Waals surface area contributed by atoms with Gasteiger partial charge in [0.1, 0.15) is 0 Å². The van der Waals surface area contributed by atoms with Crippen molar-refractivity contribution in [2.24, 2.45) is 18.9 Å². The first-order chi connectivity index (χ1) is 11.6. The Morgan fingerprint density at radius 1 is 1.42 bits per heavy atom. The second-order valence-electron chi connectivity index (χ2n) is 7.29. The molecule has 24 heavy (non-hydrogen) atoms. The molecule has 2 aromatic rings. The van der Waals surface area contributed by atoms with Gasteiger partial charge in [-0.05, 0) is 30.9 Å². The van der Waals surface area contributed by atoms with E-state index in [9.17, 15) is 0 Å². The van der Waals surface area contributed by atoms with Crippen LogP contribution in [0.5, 0.6) is 0 Å². The summed E-state index contributed by atoms with van der Waals surface area (Å²) in [4.78, 5) is 0. The number of rotatable bonds is 8. The molecule has 0 radical (unpaired) electrons. The van der Waals surface area contributed by atoms with E-state index >= 15 is 0 Å². The van der Waals surface area contributed by atoms with Gasteiger partial charge in [-0.15, -0.1) is 0 Å². The highest BCUT2D eigenvalue weighted by molar-refractivity contribution is 5.11. The van der Waals surface area contributed by atoms with Crippen LogP contribution in [0.2, 0.25) is 0 Å². The summed E-state index contributed by atoms with van der Waals surface area (Å²) in [5.74, 6) is 1.26. The molecule has 1 fully saturated rings. The normalized spacial score (nSPS) is 21.0. The van der Waals surface area contributed by atoms with Crippen LogP contribution in [0.15, 0.2) is 30.7 Å². The lowest BCUT2D eigenvalue weighted by Crippen LogP contribution is -2.25. The molecule has 1 aliphatic heterocycles. The molecule has 5 heteroatoms. The molecule has 1 N–H and O–H groups in total. The lowest BCUT2D eigenvalue weighted by Gasteiger charge is -2.18. The number of hydrogen-bond acceptors (Lipinski definition) is 3. The average Bonchev–Trinajstić information content (AvgIpc) is 3.26. The quantitative estimate of drug-likeness (QED) is 0.809. The monoisotopic (exact) mass is 330 g/mol. The third-order valence-electron chi connectivity index (χ3n) is 4.85. The molecule has 5 nitrogen and oxygen atoms in total. The maximum Gasteiger partial charge on any atom is 0.0896 e. The van der Waals surface area contributed by atoms with Crippen LogP contribution in [0.3, 0.4) is 0 Å². The Kier molecular flexibility index (Phi) is 5.74. The smallest absolute Gasteiger partial charge is 0.0896 e. The van der Waals surface area contributed by atoms with E-state index in [1.54, 1.807) is 0 Å². The topological polar surface area (TPSA) is 44.0 Å². The summed E-state index contributed by atoms with van der Waals surface area (Å²) in [7, 11) is 1.96. The molecule has 0 saturated carbocycles. The van der Waals surface area contributed by atoms with Crippen LogP contribution in [0.4, 0.5) is 0 Å². The molecule has 2 aromatic heterocycles. The van der Waals surface area contributed by atoms with Crippen LogP contribution in [-0.4, -0.2) is 27.5 Å². The third-order valence-corrected chi connectivity index (χ3v) is 4.85. The molecule has 0 spiro atoms. The van der Waals surface area contributed by atoms with Gasteiger partial charge < -0.3 is 14.6 Å². The van der Waals surface area contributed by atoms with Crippen molar-refractivity contribution in [1.29, 1.82) is 0 Å². The van der Waals surface area contributed by atoms with E-state index in [-0.39, 0.29) is 6.10 Å². The van der Waals surface area contributed by atoms with Crippen molar-refractivity contribution in [1.82, 2.24) is 19.7 Å². The largest absolute Gasteiger partial charge is 0.373 e. The highest BCUT2D eigenvalue weighted by Gasteiger charge is 2.30. The van der Waals surface area contributed by atoms with Gasteiger partial charge in [-0.2, -0.15) is 5.10 Å². The second kappa shape index (κ2) is 7.99. The van der Waals surface area contributed by atoms with E-state index < -0.39 is 0 Å². The lowest BCUT2D eigenvalue weighted by molar-refractivity contribution is 0.0903. The number of nitrogens with one attached hydrogen (secondary N) is 1. The maximum absolute atomic E-state index is 5.94. The van der Waals surface area contributed by atoms with Crippen molar-refractivity contribution in [3.63, 3.8) is 0 Å². The summed E-state index contributed by atoms with van der Waals surface area (Å²) in [6.07, 6.45) is 8.71. The Morgan fingerprint density at radius 3 is 3.04 bits per heavy atom. The molecule has 1 aliphatic rings. The number of aromatic nitrogens is 3. The van der Waals surface area contributed by atoms with Gasteiger partial charge in [-0.25, -0.2) is 0 Å².